The lowest BCUT2D eigenvalue weighted by Crippen LogP contribution is -2.46. The van der Waals surface area contributed by atoms with E-state index in [1.165, 1.54) is 46.8 Å². The Morgan fingerprint density at radius 1 is 1.04 bits per heavy atom. The van der Waals surface area contributed by atoms with Crippen LogP contribution in [-0.4, -0.2) is 48.3 Å². The molecule has 2 aromatic heterocycles. The van der Waals surface area contributed by atoms with Gasteiger partial charge in [-0.05, 0) is 37.8 Å². The Morgan fingerprint density at radius 2 is 1.85 bits per heavy atom. The first-order valence-corrected chi connectivity index (χ1v) is 10.5. The number of thiophene rings is 1. The normalized spacial score (nSPS) is 24.9. The van der Waals surface area contributed by atoms with Crippen molar-refractivity contribution < 1.29 is 4.74 Å². The maximum absolute atomic E-state index is 5.50. The monoisotopic (exact) mass is 367 g/mol. The molecule has 5 heteroatoms. The number of nitrogens with one attached hydrogen (secondary N) is 1. The molecule has 0 unspecified atom stereocenters. The molecule has 3 aromatic rings. The highest BCUT2D eigenvalue weighted by Crippen LogP contribution is 2.37. The lowest BCUT2D eigenvalue weighted by atomic mass is 9.89. The predicted octanol–water partition coefficient (Wildman–Crippen LogP) is 4.50. The molecule has 2 aliphatic rings. The van der Waals surface area contributed by atoms with Gasteiger partial charge in [0.15, 0.2) is 0 Å². The Labute approximate surface area is 158 Å². The molecule has 0 amide bonds. The average Bonchev–Trinajstić information content (AvgIpc) is 3.09. The van der Waals surface area contributed by atoms with E-state index in [4.69, 9.17) is 4.74 Å². The molecule has 26 heavy (non-hydrogen) atoms. The third kappa shape index (κ3) is 3.08. The van der Waals surface area contributed by atoms with Crippen LogP contribution >= 0.6 is 11.3 Å². The van der Waals surface area contributed by atoms with Crippen LogP contribution in [0.25, 0.3) is 20.3 Å². The number of nitrogens with zero attached hydrogens (tertiary/aromatic N) is 2. The molecule has 1 aromatic carbocycles. The van der Waals surface area contributed by atoms with Crippen LogP contribution in [0.1, 0.15) is 25.7 Å². The highest BCUT2D eigenvalue weighted by atomic mass is 32.1. The number of rotatable bonds is 3. The SMILES string of the molecule is c1ccc2c(c1)sc1nccc(N[C@H]3CC[C@H](N4CCOCC4)CC3)c12. The van der Waals surface area contributed by atoms with Crippen molar-refractivity contribution in [3.05, 3.63) is 36.5 Å². The van der Waals surface area contributed by atoms with Crippen LogP contribution in [0.3, 0.4) is 0 Å². The summed E-state index contributed by atoms with van der Waals surface area (Å²) in [5, 5.41) is 6.47. The van der Waals surface area contributed by atoms with E-state index in [0.29, 0.717) is 6.04 Å². The molecule has 2 fully saturated rings. The number of anilines is 1. The highest BCUT2D eigenvalue weighted by Gasteiger charge is 2.27. The van der Waals surface area contributed by atoms with Gasteiger partial charge in [-0.1, -0.05) is 18.2 Å². The molecule has 0 bridgehead atoms. The van der Waals surface area contributed by atoms with E-state index < -0.39 is 0 Å². The molecule has 0 spiro atoms. The van der Waals surface area contributed by atoms with E-state index in [9.17, 15) is 0 Å². The van der Waals surface area contributed by atoms with Gasteiger partial charge >= 0.3 is 0 Å². The zero-order chi connectivity index (χ0) is 17.3. The molecule has 5 rings (SSSR count). The molecule has 1 saturated heterocycles. The number of morpholine rings is 1. The minimum absolute atomic E-state index is 0.566. The summed E-state index contributed by atoms with van der Waals surface area (Å²) in [6, 6.07) is 12.1. The molecule has 0 radical (unpaired) electrons. The van der Waals surface area contributed by atoms with Crippen LogP contribution in [0.2, 0.25) is 0 Å². The maximum atomic E-state index is 5.50. The first-order valence-electron chi connectivity index (χ1n) is 9.73. The Morgan fingerprint density at radius 3 is 2.69 bits per heavy atom. The standard InChI is InChI=1S/C21H25N3OS/c1-2-4-19-17(3-1)20-18(9-10-22-21(20)26-19)23-15-5-7-16(8-6-15)24-11-13-25-14-12-24/h1-4,9-10,15-16H,5-8,11-14H2,(H,22,23)/t15-,16-. The summed E-state index contributed by atoms with van der Waals surface area (Å²) in [4.78, 5) is 8.38. The van der Waals surface area contributed by atoms with E-state index in [1.807, 2.05) is 6.20 Å². The van der Waals surface area contributed by atoms with Gasteiger partial charge in [-0.25, -0.2) is 4.98 Å². The van der Waals surface area contributed by atoms with Crippen LogP contribution < -0.4 is 5.32 Å². The van der Waals surface area contributed by atoms with E-state index in [-0.39, 0.29) is 0 Å². The number of fused-ring (bicyclic) bond motifs is 3. The number of ether oxygens (including phenoxy) is 1. The molecule has 1 aliphatic heterocycles. The van der Waals surface area contributed by atoms with Crippen molar-refractivity contribution in [1.29, 1.82) is 0 Å². The summed E-state index contributed by atoms with van der Waals surface area (Å²) in [6.45, 7) is 4.01. The van der Waals surface area contributed by atoms with Crippen LogP contribution in [0.15, 0.2) is 36.5 Å². The molecule has 4 nitrogen and oxygen atoms in total. The number of pyridine rings is 1. The summed E-state index contributed by atoms with van der Waals surface area (Å²) in [5.41, 5.74) is 1.25. The second-order valence-electron chi connectivity index (χ2n) is 7.44. The van der Waals surface area contributed by atoms with Crippen LogP contribution in [-0.2, 0) is 4.74 Å². The van der Waals surface area contributed by atoms with Gasteiger partial charge < -0.3 is 10.1 Å². The zero-order valence-electron chi connectivity index (χ0n) is 15.0. The summed E-state index contributed by atoms with van der Waals surface area (Å²) < 4.78 is 6.82. The van der Waals surface area contributed by atoms with E-state index >= 15 is 0 Å². The Bertz CT molecular complexity index is 895. The molecule has 1 N–H and O–H groups in total. The van der Waals surface area contributed by atoms with Gasteiger partial charge in [0.1, 0.15) is 4.83 Å². The lowest BCUT2D eigenvalue weighted by molar-refractivity contribution is 0.00791. The molecular weight excluding hydrogens is 342 g/mol. The fourth-order valence-corrected chi connectivity index (χ4v) is 5.59. The topological polar surface area (TPSA) is 37.4 Å². The molecule has 3 heterocycles. The first-order chi connectivity index (χ1) is 12.9. The van der Waals surface area contributed by atoms with Crippen molar-refractivity contribution >= 4 is 37.3 Å². The van der Waals surface area contributed by atoms with Gasteiger partial charge in [-0.15, -0.1) is 11.3 Å². The number of hydrogen-bond donors (Lipinski definition) is 1. The fourth-order valence-electron chi connectivity index (χ4n) is 4.51. The Hall–Kier alpha value is -1.69. The van der Waals surface area contributed by atoms with Crippen molar-refractivity contribution in [3.8, 4) is 0 Å². The summed E-state index contributed by atoms with van der Waals surface area (Å²) >= 11 is 1.79. The number of aromatic nitrogens is 1. The van der Waals surface area contributed by atoms with Crippen molar-refractivity contribution in [1.82, 2.24) is 9.88 Å². The Balaban J connectivity index is 1.33. The van der Waals surface area contributed by atoms with Gasteiger partial charge in [-0.2, -0.15) is 0 Å². The molecule has 1 aliphatic carbocycles. The van der Waals surface area contributed by atoms with Crippen molar-refractivity contribution in [2.45, 2.75) is 37.8 Å². The zero-order valence-corrected chi connectivity index (χ0v) is 15.8. The smallest absolute Gasteiger partial charge is 0.126 e. The third-order valence-corrected chi connectivity index (χ3v) is 6.98. The van der Waals surface area contributed by atoms with Gasteiger partial charge in [0.25, 0.3) is 0 Å². The van der Waals surface area contributed by atoms with Crippen molar-refractivity contribution in [2.24, 2.45) is 0 Å². The third-order valence-electron chi connectivity index (χ3n) is 5.90. The van der Waals surface area contributed by atoms with Gasteiger partial charge in [0.05, 0.1) is 13.2 Å². The summed E-state index contributed by atoms with van der Waals surface area (Å²) in [5.74, 6) is 0. The van der Waals surface area contributed by atoms with Gasteiger partial charge in [-0.3, -0.25) is 4.90 Å². The quantitative estimate of drug-likeness (QED) is 0.739. The minimum Gasteiger partial charge on any atom is -0.382 e. The second kappa shape index (κ2) is 7.14. The van der Waals surface area contributed by atoms with Crippen molar-refractivity contribution in [3.63, 3.8) is 0 Å². The fraction of sp³-hybridized carbons (Fsp3) is 0.476. The van der Waals surface area contributed by atoms with E-state index in [0.717, 1.165) is 37.2 Å². The maximum Gasteiger partial charge on any atom is 0.126 e. The van der Waals surface area contributed by atoms with Crippen LogP contribution in [0.4, 0.5) is 5.69 Å². The van der Waals surface area contributed by atoms with E-state index in [1.54, 1.807) is 11.3 Å². The predicted molar refractivity (Wildman–Crippen MR) is 109 cm³/mol. The molecule has 136 valence electrons. The lowest BCUT2D eigenvalue weighted by Gasteiger charge is -2.39. The number of hydrogen-bond acceptors (Lipinski definition) is 5. The highest BCUT2D eigenvalue weighted by molar-refractivity contribution is 7.25. The van der Waals surface area contributed by atoms with Crippen LogP contribution in [0, 0.1) is 0 Å². The van der Waals surface area contributed by atoms with Gasteiger partial charge in [0, 0.05) is 52.5 Å². The van der Waals surface area contributed by atoms with Crippen molar-refractivity contribution in [2.75, 3.05) is 31.6 Å². The molecular formula is C21H25N3OS. The molecule has 1 saturated carbocycles. The summed E-state index contributed by atoms with van der Waals surface area (Å²) in [6.07, 6.45) is 7.01. The largest absolute Gasteiger partial charge is 0.382 e. The van der Waals surface area contributed by atoms with Gasteiger partial charge in [0.2, 0.25) is 0 Å². The average molecular weight is 368 g/mol. The minimum atomic E-state index is 0.566. The first kappa shape index (κ1) is 16.5. The number of benzene rings is 1. The van der Waals surface area contributed by atoms with Crippen LogP contribution in [0.5, 0.6) is 0 Å². The Kier molecular flexibility index (Phi) is 4.53. The molecule has 0 atom stereocenters. The van der Waals surface area contributed by atoms with E-state index in [2.05, 4.69) is 45.5 Å². The summed E-state index contributed by atoms with van der Waals surface area (Å²) in [7, 11) is 0. The second-order valence-corrected chi connectivity index (χ2v) is 8.47.